The molecule has 0 fully saturated rings. The summed E-state index contributed by atoms with van der Waals surface area (Å²) in [5.74, 6) is -0.765. The molecule has 0 aliphatic rings. The maximum Gasteiger partial charge on any atom is 0.254 e. The van der Waals surface area contributed by atoms with Gasteiger partial charge in [-0.05, 0) is 42.8 Å². The Balaban J connectivity index is 2.22. The lowest BCUT2D eigenvalue weighted by Gasteiger charge is -2.25. The van der Waals surface area contributed by atoms with Crippen LogP contribution in [0.25, 0.3) is 0 Å². The van der Waals surface area contributed by atoms with Crippen molar-refractivity contribution in [3.05, 3.63) is 65.5 Å². The summed E-state index contributed by atoms with van der Waals surface area (Å²) in [4.78, 5) is 14.1. The SMILES string of the molecule is CC(c1ccc(S(C)(=O)=O)cc1)N(C)C(=O)c1cccc(F)c1. The first-order valence-corrected chi connectivity index (χ1v) is 8.92. The predicted octanol–water partition coefficient (Wildman–Crippen LogP) is 3.06. The summed E-state index contributed by atoms with van der Waals surface area (Å²) in [6.07, 6.45) is 1.14. The van der Waals surface area contributed by atoms with E-state index in [1.807, 2.05) is 6.92 Å². The van der Waals surface area contributed by atoms with Gasteiger partial charge in [0.1, 0.15) is 5.82 Å². The fourth-order valence-corrected chi connectivity index (χ4v) is 2.85. The molecule has 0 aliphatic heterocycles. The summed E-state index contributed by atoms with van der Waals surface area (Å²) in [7, 11) is -1.62. The average molecular weight is 335 g/mol. The van der Waals surface area contributed by atoms with Gasteiger partial charge in [0.15, 0.2) is 9.84 Å². The van der Waals surface area contributed by atoms with Gasteiger partial charge in [-0.3, -0.25) is 4.79 Å². The molecule has 0 heterocycles. The first kappa shape index (κ1) is 17.1. The topological polar surface area (TPSA) is 54.5 Å². The van der Waals surface area contributed by atoms with Crippen LogP contribution in [0.2, 0.25) is 0 Å². The van der Waals surface area contributed by atoms with E-state index < -0.39 is 15.7 Å². The standard InChI is InChI=1S/C17H18FNO3S/c1-12(13-7-9-16(10-8-13)23(3,21)22)19(2)17(20)14-5-4-6-15(18)11-14/h4-12H,1-3H3. The third-order valence-corrected chi connectivity index (χ3v) is 4.89. The van der Waals surface area contributed by atoms with Crippen LogP contribution in [-0.4, -0.2) is 32.5 Å². The highest BCUT2D eigenvalue weighted by Crippen LogP contribution is 2.22. The summed E-state index contributed by atoms with van der Waals surface area (Å²) in [6.45, 7) is 1.83. The Morgan fingerprint density at radius 1 is 1.13 bits per heavy atom. The van der Waals surface area contributed by atoms with E-state index in [1.165, 1.54) is 35.2 Å². The number of nitrogens with zero attached hydrogens (tertiary/aromatic N) is 1. The molecule has 2 aromatic rings. The van der Waals surface area contributed by atoms with Gasteiger partial charge in [-0.1, -0.05) is 18.2 Å². The van der Waals surface area contributed by atoms with E-state index in [1.54, 1.807) is 25.2 Å². The number of rotatable bonds is 4. The summed E-state index contributed by atoms with van der Waals surface area (Å²) in [6, 6.07) is 11.6. The molecule has 122 valence electrons. The zero-order chi connectivity index (χ0) is 17.2. The summed E-state index contributed by atoms with van der Waals surface area (Å²) in [5.41, 5.74) is 1.07. The van der Waals surface area contributed by atoms with E-state index in [9.17, 15) is 17.6 Å². The number of benzene rings is 2. The largest absolute Gasteiger partial charge is 0.335 e. The molecule has 0 N–H and O–H groups in total. The van der Waals surface area contributed by atoms with E-state index in [0.717, 1.165) is 11.8 Å². The van der Waals surface area contributed by atoms with Gasteiger partial charge in [-0.2, -0.15) is 0 Å². The van der Waals surface area contributed by atoms with Gasteiger partial charge < -0.3 is 4.90 Å². The van der Waals surface area contributed by atoms with Crippen molar-refractivity contribution in [1.29, 1.82) is 0 Å². The van der Waals surface area contributed by atoms with Crippen molar-refractivity contribution in [1.82, 2.24) is 4.90 Å². The second-order valence-electron chi connectivity index (χ2n) is 5.44. The minimum atomic E-state index is -3.25. The Bertz CT molecular complexity index is 816. The minimum absolute atomic E-state index is 0.229. The minimum Gasteiger partial charge on any atom is -0.335 e. The van der Waals surface area contributed by atoms with Gasteiger partial charge >= 0.3 is 0 Å². The van der Waals surface area contributed by atoms with Crippen LogP contribution in [0.3, 0.4) is 0 Å². The molecule has 1 amide bonds. The molecular weight excluding hydrogens is 317 g/mol. The molecule has 6 heteroatoms. The molecule has 2 rings (SSSR count). The van der Waals surface area contributed by atoms with E-state index in [-0.39, 0.29) is 22.4 Å². The fourth-order valence-electron chi connectivity index (χ4n) is 2.22. The maximum absolute atomic E-state index is 13.2. The smallest absolute Gasteiger partial charge is 0.254 e. The van der Waals surface area contributed by atoms with Gasteiger partial charge in [0.05, 0.1) is 10.9 Å². The number of carbonyl (C=O) groups excluding carboxylic acids is 1. The average Bonchev–Trinajstić information content (AvgIpc) is 2.52. The molecule has 4 nitrogen and oxygen atoms in total. The van der Waals surface area contributed by atoms with Crippen molar-refractivity contribution >= 4 is 15.7 Å². The van der Waals surface area contributed by atoms with Gasteiger partial charge in [-0.25, -0.2) is 12.8 Å². The lowest BCUT2D eigenvalue weighted by molar-refractivity contribution is 0.0742. The zero-order valence-electron chi connectivity index (χ0n) is 13.2. The van der Waals surface area contributed by atoms with Crippen LogP contribution in [0.5, 0.6) is 0 Å². The molecule has 0 aliphatic carbocycles. The van der Waals surface area contributed by atoms with Gasteiger partial charge in [0.2, 0.25) is 0 Å². The highest BCUT2D eigenvalue weighted by atomic mass is 32.2. The molecule has 0 radical (unpaired) electrons. The highest BCUT2D eigenvalue weighted by molar-refractivity contribution is 7.90. The highest BCUT2D eigenvalue weighted by Gasteiger charge is 2.19. The van der Waals surface area contributed by atoms with Crippen LogP contribution in [0, 0.1) is 5.82 Å². The maximum atomic E-state index is 13.2. The summed E-state index contributed by atoms with van der Waals surface area (Å²) < 4.78 is 36.2. The number of carbonyl (C=O) groups is 1. The Hall–Kier alpha value is -2.21. The van der Waals surface area contributed by atoms with Crippen molar-refractivity contribution in [2.45, 2.75) is 17.9 Å². The number of hydrogen-bond donors (Lipinski definition) is 0. The van der Waals surface area contributed by atoms with Crippen molar-refractivity contribution < 1.29 is 17.6 Å². The zero-order valence-corrected chi connectivity index (χ0v) is 14.0. The number of halogens is 1. The van der Waals surface area contributed by atoms with Crippen LogP contribution in [0.1, 0.15) is 28.9 Å². The van der Waals surface area contributed by atoms with Gasteiger partial charge in [0.25, 0.3) is 5.91 Å². The summed E-state index contributed by atoms with van der Waals surface area (Å²) in [5, 5.41) is 0. The first-order valence-electron chi connectivity index (χ1n) is 7.03. The number of hydrogen-bond acceptors (Lipinski definition) is 3. The fraction of sp³-hybridized carbons (Fsp3) is 0.235. The second kappa shape index (κ2) is 6.50. The van der Waals surface area contributed by atoms with Crippen LogP contribution in [-0.2, 0) is 9.84 Å². The van der Waals surface area contributed by atoms with Crippen molar-refractivity contribution in [2.75, 3.05) is 13.3 Å². The monoisotopic (exact) mass is 335 g/mol. The van der Waals surface area contributed by atoms with Gasteiger partial charge in [0, 0.05) is 18.9 Å². The van der Waals surface area contributed by atoms with E-state index >= 15 is 0 Å². The normalized spacial score (nSPS) is 12.7. The second-order valence-corrected chi connectivity index (χ2v) is 7.46. The molecule has 0 saturated heterocycles. The van der Waals surface area contributed by atoms with Crippen LogP contribution >= 0.6 is 0 Å². The molecule has 23 heavy (non-hydrogen) atoms. The quantitative estimate of drug-likeness (QED) is 0.863. The molecule has 0 aromatic heterocycles. The van der Waals surface area contributed by atoms with E-state index in [2.05, 4.69) is 0 Å². The lowest BCUT2D eigenvalue weighted by Crippen LogP contribution is -2.29. The Kier molecular flexibility index (Phi) is 4.85. The van der Waals surface area contributed by atoms with E-state index in [0.29, 0.717) is 0 Å². The summed E-state index contributed by atoms with van der Waals surface area (Å²) >= 11 is 0. The third-order valence-electron chi connectivity index (χ3n) is 3.76. The van der Waals surface area contributed by atoms with E-state index in [4.69, 9.17) is 0 Å². The Labute approximate surface area is 135 Å². The lowest BCUT2D eigenvalue weighted by atomic mass is 10.1. The van der Waals surface area contributed by atoms with Crippen molar-refractivity contribution in [3.8, 4) is 0 Å². The van der Waals surface area contributed by atoms with Gasteiger partial charge in [-0.15, -0.1) is 0 Å². The predicted molar refractivity (Wildman–Crippen MR) is 86.5 cm³/mol. The molecule has 0 saturated carbocycles. The van der Waals surface area contributed by atoms with Crippen LogP contribution in [0.15, 0.2) is 53.4 Å². The molecule has 1 unspecified atom stereocenters. The molecular formula is C17H18FNO3S. The third kappa shape index (κ3) is 3.96. The number of sulfone groups is 1. The Morgan fingerprint density at radius 2 is 1.74 bits per heavy atom. The van der Waals surface area contributed by atoms with Crippen LogP contribution in [0.4, 0.5) is 4.39 Å². The first-order chi connectivity index (χ1) is 10.7. The van der Waals surface area contributed by atoms with Crippen molar-refractivity contribution in [3.63, 3.8) is 0 Å². The van der Waals surface area contributed by atoms with Crippen LogP contribution < -0.4 is 0 Å². The molecule has 0 bridgehead atoms. The molecule has 2 aromatic carbocycles. The Morgan fingerprint density at radius 3 is 2.26 bits per heavy atom. The molecule has 0 spiro atoms. The van der Waals surface area contributed by atoms with Crippen molar-refractivity contribution in [2.24, 2.45) is 0 Å². The number of amides is 1. The molecule has 1 atom stereocenters.